The number of nitrogens with one attached hydrogen (secondary N) is 1. The molecule has 28 heavy (non-hydrogen) atoms. The highest BCUT2D eigenvalue weighted by atomic mass is 16.1. The lowest BCUT2D eigenvalue weighted by Crippen LogP contribution is -2.12. The van der Waals surface area contributed by atoms with Gasteiger partial charge in [0, 0.05) is 23.1 Å². The molecule has 0 aliphatic heterocycles. The standard InChI is InChI=1S/C21H20N6O/c1-14-12-16(3)27(25-14)20-9-6-18(13-22-20)24-21(28)17-4-7-19(8-5-17)26-15(2)10-11-23-26/h4-13H,1-3H3,(H,24,28). The van der Waals surface area contributed by atoms with Gasteiger partial charge in [0.2, 0.25) is 0 Å². The SMILES string of the molecule is Cc1cc(C)n(-c2ccc(NC(=O)c3ccc(-n4nccc4C)cc3)cn2)n1. The van der Waals surface area contributed by atoms with Crippen LogP contribution in [0.4, 0.5) is 5.69 Å². The summed E-state index contributed by atoms with van der Waals surface area (Å²) < 4.78 is 3.60. The number of aryl methyl sites for hydroxylation is 3. The van der Waals surface area contributed by atoms with Crippen molar-refractivity contribution in [3.8, 4) is 11.5 Å². The first-order chi connectivity index (χ1) is 13.5. The van der Waals surface area contributed by atoms with E-state index in [0.717, 1.165) is 22.8 Å². The molecular formula is C21H20N6O. The van der Waals surface area contributed by atoms with E-state index in [1.165, 1.54) is 0 Å². The number of rotatable bonds is 4. The van der Waals surface area contributed by atoms with E-state index in [0.29, 0.717) is 17.1 Å². The molecule has 0 atom stereocenters. The Balaban J connectivity index is 1.47. The first-order valence-corrected chi connectivity index (χ1v) is 8.93. The minimum atomic E-state index is -0.190. The van der Waals surface area contributed by atoms with Crippen LogP contribution in [0.15, 0.2) is 60.9 Å². The van der Waals surface area contributed by atoms with Gasteiger partial charge in [0.25, 0.3) is 5.91 Å². The van der Waals surface area contributed by atoms with Crippen molar-refractivity contribution in [2.24, 2.45) is 0 Å². The topological polar surface area (TPSA) is 77.6 Å². The van der Waals surface area contributed by atoms with Crippen LogP contribution in [0.3, 0.4) is 0 Å². The van der Waals surface area contributed by atoms with Crippen LogP contribution in [-0.2, 0) is 0 Å². The smallest absolute Gasteiger partial charge is 0.255 e. The van der Waals surface area contributed by atoms with Crippen molar-refractivity contribution in [2.75, 3.05) is 5.32 Å². The Morgan fingerprint density at radius 1 is 0.929 bits per heavy atom. The molecule has 0 spiro atoms. The van der Waals surface area contributed by atoms with Crippen molar-refractivity contribution in [3.05, 3.63) is 83.6 Å². The summed E-state index contributed by atoms with van der Waals surface area (Å²) in [6.07, 6.45) is 3.38. The molecule has 0 saturated heterocycles. The fourth-order valence-corrected chi connectivity index (χ4v) is 3.04. The number of carbonyl (C=O) groups excluding carboxylic acids is 1. The third-order valence-electron chi connectivity index (χ3n) is 4.44. The Morgan fingerprint density at radius 3 is 2.29 bits per heavy atom. The van der Waals surface area contributed by atoms with Gasteiger partial charge in [0.1, 0.15) is 0 Å². The van der Waals surface area contributed by atoms with E-state index >= 15 is 0 Å². The van der Waals surface area contributed by atoms with E-state index < -0.39 is 0 Å². The highest BCUT2D eigenvalue weighted by molar-refractivity contribution is 6.04. The van der Waals surface area contributed by atoms with Crippen LogP contribution in [0.5, 0.6) is 0 Å². The maximum atomic E-state index is 12.5. The van der Waals surface area contributed by atoms with E-state index in [2.05, 4.69) is 20.5 Å². The van der Waals surface area contributed by atoms with Crippen molar-refractivity contribution in [1.82, 2.24) is 24.5 Å². The van der Waals surface area contributed by atoms with Gasteiger partial charge in [-0.1, -0.05) is 0 Å². The zero-order valence-electron chi connectivity index (χ0n) is 15.9. The molecule has 140 valence electrons. The van der Waals surface area contributed by atoms with Crippen LogP contribution in [0.2, 0.25) is 0 Å². The lowest BCUT2D eigenvalue weighted by Gasteiger charge is -2.08. The molecule has 4 aromatic rings. The van der Waals surface area contributed by atoms with Crippen LogP contribution in [0.1, 0.15) is 27.4 Å². The molecule has 0 unspecified atom stereocenters. The third-order valence-corrected chi connectivity index (χ3v) is 4.44. The van der Waals surface area contributed by atoms with Crippen LogP contribution < -0.4 is 5.32 Å². The molecule has 1 aromatic carbocycles. The van der Waals surface area contributed by atoms with Gasteiger partial charge in [-0.15, -0.1) is 0 Å². The van der Waals surface area contributed by atoms with Crippen LogP contribution in [-0.4, -0.2) is 30.5 Å². The predicted molar refractivity (Wildman–Crippen MR) is 107 cm³/mol. The molecule has 0 fully saturated rings. The van der Waals surface area contributed by atoms with Crippen molar-refractivity contribution in [3.63, 3.8) is 0 Å². The number of anilines is 1. The lowest BCUT2D eigenvalue weighted by atomic mass is 10.2. The fourth-order valence-electron chi connectivity index (χ4n) is 3.04. The van der Waals surface area contributed by atoms with Gasteiger partial charge < -0.3 is 5.32 Å². The minimum absolute atomic E-state index is 0.190. The van der Waals surface area contributed by atoms with Crippen molar-refractivity contribution in [1.29, 1.82) is 0 Å². The van der Waals surface area contributed by atoms with Gasteiger partial charge in [-0.05, 0) is 69.3 Å². The zero-order valence-corrected chi connectivity index (χ0v) is 15.9. The van der Waals surface area contributed by atoms with E-state index in [4.69, 9.17) is 0 Å². The highest BCUT2D eigenvalue weighted by Gasteiger charge is 2.09. The summed E-state index contributed by atoms with van der Waals surface area (Å²) in [5, 5.41) is 11.6. The van der Waals surface area contributed by atoms with E-state index in [9.17, 15) is 4.79 Å². The highest BCUT2D eigenvalue weighted by Crippen LogP contribution is 2.15. The largest absolute Gasteiger partial charge is 0.321 e. The zero-order chi connectivity index (χ0) is 19.7. The Hall–Kier alpha value is -3.74. The second-order valence-electron chi connectivity index (χ2n) is 6.63. The molecule has 1 N–H and O–H groups in total. The van der Waals surface area contributed by atoms with Gasteiger partial charge >= 0.3 is 0 Å². The van der Waals surface area contributed by atoms with Crippen LogP contribution in [0.25, 0.3) is 11.5 Å². The average molecular weight is 372 g/mol. The fraction of sp³-hybridized carbons (Fsp3) is 0.143. The van der Waals surface area contributed by atoms with Gasteiger partial charge in [-0.3, -0.25) is 4.79 Å². The van der Waals surface area contributed by atoms with Gasteiger partial charge in [-0.2, -0.15) is 10.2 Å². The summed E-state index contributed by atoms with van der Waals surface area (Å²) in [6.45, 7) is 5.90. The predicted octanol–water partition coefficient (Wildman–Crippen LogP) is 3.63. The summed E-state index contributed by atoms with van der Waals surface area (Å²) in [5.41, 5.74) is 5.08. The number of hydrogen-bond donors (Lipinski definition) is 1. The summed E-state index contributed by atoms with van der Waals surface area (Å²) in [4.78, 5) is 16.9. The maximum absolute atomic E-state index is 12.5. The van der Waals surface area contributed by atoms with Gasteiger partial charge in [-0.25, -0.2) is 14.3 Å². The first-order valence-electron chi connectivity index (χ1n) is 8.93. The van der Waals surface area contributed by atoms with Crippen molar-refractivity contribution >= 4 is 11.6 Å². The first kappa shape index (κ1) is 17.7. The quantitative estimate of drug-likeness (QED) is 0.593. The number of benzene rings is 1. The maximum Gasteiger partial charge on any atom is 0.255 e. The number of nitrogens with zero attached hydrogens (tertiary/aromatic N) is 5. The number of aromatic nitrogens is 5. The Kier molecular flexibility index (Phi) is 4.49. The molecule has 0 bridgehead atoms. The molecule has 3 aromatic heterocycles. The third kappa shape index (κ3) is 3.42. The molecule has 0 radical (unpaired) electrons. The van der Waals surface area contributed by atoms with Gasteiger partial charge in [0.05, 0.1) is 23.3 Å². The van der Waals surface area contributed by atoms with Crippen LogP contribution >= 0.6 is 0 Å². The second-order valence-corrected chi connectivity index (χ2v) is 6.63. The summed E-state index contributed by atoms with van der Waals surface area (Å²) >= 11 is 0. The molecule has 1 amide bonds. The van der Waals surface area contributed by atoms with Crippen molar-refractivity contribution in [2.45, 2.75) is 20.8 Å². The molecule has 7 nitrogen and oxygen atoms in total. The Morgan fingerprint density at radius 2 is 1.71 bits per heavy atom. The normalized spacial score (nSPS) is 10.8. The number of amides is 1. The molecule has 0 aliphatic rings. The van der Waals surface area contributed by atoms with Crippen molar-refractivity contribution < 1.29 is 4.79 Å². The summed E-state index contributed by atoms with van der Waals surface area (Å²) in [5.74, 6) is 0.520. The van der Waals surface area contributed by atoms with E-state index in [1.54, 1.807) is 29.2 Å². The van der Waals surface area contributed by atoms with E-state index in [-0.39, 0.29) is 5.91 Å². The summed E-state index contributed by atoms with van der Waals surface area (Å²) in [6, 6.07) is 14.9. The molecule has 7 heteroatoms. The molecule has 0 saturated carbocycles. The second kappa shape index (κ2) is 7.11. The number of hydrogen-bond acceptors (Lipinski definition) is 4. The number of carbonyl (C=O) groups is 1. The lowest BCUT2D eigenvalue weighted by molar-refractivity contribution is 0.102. The molecule has 4 rings (SSSR count). The molecule has 0 aliphatic carbocycles. The van der Waals surface area contributed by atoms with E-state index in [1.807, 2.05) is 61.9 Å². The Labute approximate surface area is 162 Å². The average Bonchev–Trinajstić information content (AvgIpc) is 3.27. The minimum Gasteiger partial charge on any atom is -0.321 e. The van der Waals surface area contributed by atoms with Gasteiger partial charge in [0.15, 0.2) is 5.82 Å². The Bertz CT molecular complexity index is 1120. The van der Waals surface area contributed by atoms with Crippen LogP contribution in [0, 0.1) is 20.8 Å². The monoisotopic (exact) mass is 372 g/mol. The molecular weight excluding hydrogens is 352 g/mol. The number of pyridine rings is 1. The summed E-state index contributed by atoms with van der Waals surface area (Å²) in [7, 11) is 0. The molecule has 3 heterocycles.